The number of piperazine rings is 1. The second-order valence-corrected chi connectivity index (χ2v) is 5.77. The highest BCUT2D eigenvalue weighted by Gasteiger charge is 2.20. The SMILES string of the molecule is Cc1cc(=O)c(O)c(CN2CCN(c3ccc(O)cc3)CC2)o1. The molecule has 0 bridgehead atoms. The first-order valence-corrected chi connectivity index (χ1v) is 7.62. The van der Waals surface area contributed by atoms with Gasteiger partial charge >= 0.3 is 0 Å². The first-order valence-electron chi connectivity index (χ1n) is 7.62. The summed E-state index contributed by atoms with van der Waals surface area (Å²) >= 11 is 0. The summed E-state index contributed by atoms with van der Waals surface area (Å²) in [5.74, 6) is 0.799. The number of hydrogen-bond acceptors (Lipinski definition) is 6. The van der Waals surface area contributed by atoms with Gasteiger partial charge in [-0.3, -0.25) is 9.69 Å². The van der Waals surface area contributed by atoms with Gasteiger partial charge in [-0.2, -0.15) is 0 Å². The average molecular weight is 316 g/mol. The Bertz CT molecular complexity index is 731. The van der Waals surface area contributed by atoms with E-state index in [0.717, 1.165) is 31.9 Å². The van der Waals surface area contributed by atoms with E-state index in [2.05, 4.69) is 9.80 Å². The van der Waals surface area contributed by atoms with E-state index in [1.54, 1.807) is 19.1 Å². The predicted molar refractivity (Wildman–Crippen MR) is 87.0 cm³/mol. The third kappa shape index (κ3) is 3.48. The van der Waals surface area contributed by atoms with Gasteiger partial charge in [0, 0.05) is 37.9 Å². The highest BCUT2D eigenvalue weighted by Crippen LogP contribution is 2.21. The highest BCUT2D eigenvalue weighted by atomic mass is 16.4. The molecule has 0 amide bonds. The summed E-state index contributed by atoms with van der Waals surface area (Å²) in [5.41, 5.74) is 0.680. The second-order valence-electron chi connectivity index (χ2n) is 5.77. The van der Waals surface area contributed by atoms with Crippen molar-refractivity contribution in [2.24, 2.45) is 0 Å². The van der Waals surface area contributed by atoms with Crippen LogP contribution in [0.15, 0.2) is 39.5 Å². The Kier molecular flexibility index (Phi) is 4.25. The zero-order valence-electron chi connectivity index (χ0n) is 13.0. The van der Waals surface area contributed by atoms with E-state index in [9.17, 15) is 15.0 Å². The fraction of sp³-hybridized carbons (Fsp3) is 0.353. The lowest BCUT2D eigenvalue weighted by Crippen LogP contribution is -2.46. The summed E-state index contributed by atoms with van der Waals surface area (Å²) in [5, 5.41) is 19.2. The van der Waals surface area contributed by atoms with Gasteiger partial charge < -0.3 is 19.5 Å². The standard InChI is InChI=1S/C17H20N2O4/c1-12-10-15(21)17(22)16(23-12)11-18-6-8-19(9-7-18)13-2-4-14(20)5-3-13/h2-5,10,20,22H,6-9,11H2,1H3. The van der Waals surface area contributed by atoms with Crippen molar-refractivity contribution in [2.75, 3.05) is 31.1 Å². The first-order chi connectivity index (χ1) is 11.0. The number of hydrogen-bond donors (Lipinski definition) is 2. The van der Waals surface area contributed by atoms with Crippen molar-refractivity contribution in [2.45, 2.75) is 13.5 Å². The number of anilines is 1. The van der Waals surface area contributed by atoms with Crippen LogP contribution in [0.3, 0.4) is 0 Å². The van der Waals surface area contributed by atoms with Gasteiger partial charge in [-0.05, 0) is 31.2 Å². The Morgan fingerprint density at radius 2 is 1.74 bits per heavy atom. The van der Waals surface area contributed by atoms with E-state index in [-0.39, 0.29) is 11.5 Å². The quantitative estimate of drug-likeness (QED) is 0.897. The lowest BCUT2D eigenvalue weighted by atomic mass is 10.2. The van der Waals surface area contributed by atoms with Crippen LogP contribution in [0.2, 0.25) is 0 Å². The van der Waals surface area contributed by atoms with Crippen molar-refractivity contribution in [3.8, 4) is 11.5 Å². The van der Waals surface area contributed by atoms with Crippen molar-refractivity contribution in [1.82, 2.24) is 4.90 Å². The van der Waals surface area contributed by atoms with Crippen LogP contribution >= 0.6 is 0 Å². The Labute approximate surface area is 134 Å². The molecule has 1 aromatic heterocycles. The monoisotopic (exact) mass is 316 g/mol. The van der Waals surface area contributed by atoms with Crippen molar-refractivity contribution in [3.63, 3.8) is 0 Å². The van der Waals surface area contributed by atoms with Crippen molar-refractivity contribution in [1.29, 1.82) is 0 Å². The number of nitrogens with zero attached hydrogens (tertiary/aromatic N) is 2. The minimum Gasteiger partial charge on any atom is -0.508 e. The molecule has 0 saturated carbocycles. The number of benzene rings is 1. The smallest absolute Gasteiger partial charge is 0.227 e. The van der Waals surface area contributed by atoms with Gasteiger partial charge in [0.05, 0.1) is 6.54 Å². The molecule has 3 rings (SSSR count). The van der Waals surface area contributed by atoms with Gasteiger partial charge in [-0.15, -0.1) is 0 Å². The number of aromatic hydroxyl groups is 2. The van der Waals surface area contributed by atoms with Crippen LogP contribution in [0.25, 0.3) is 0 Å². The summed E-state index contributed by atoms with van der Waals surface area (Å²) < 4.78 is 5.48. The molecule has 1 aliphatic rings. The van der Waals surface area contributed by atoms with Gasteiger partial charge in [-0.25, -0.2) is 0 Å². The molecule has 1 saturated heterocycles. The molecule has 122 valence electrons. The minimum absolute atomic E-state index is 0.261. The molecule has 0 spiro atoms. The summed E-state index contributed by atoms with van der Waals surface area (Å²) in [7, 11) is 0. The molecule has 0 radical (unpaired) electrons. The summed E-state index contributed by atoms with van der Waals surface area (Å²) in [6.45, 7) is 5.40. The van der Waals surface area contributed by atoms with Gasteiger partial charge in [-0.1, -0.05) is 0 Å². The predicted octanol–water partition coefficient (Wildman–Crippen LogP) is 1.68. The Morgan fingerprint density at radius 1 is 1.09 bits per heavy atom. The van der Waals surface area contributed by atoms with E-state index < -0.39 is 5.43 Å². The molecular formula is C17H20N2O4. The summed E-state index contributed by atoms with van der Waals surface area (Å²) in [4.78, 5) is 16.0. The van der Waals surface area contributed by atoms with Crippen LogP contribution in [0.4, 0.5) is 5.69 Å². The van der Waals surface area contributed by atoms with E-state index >= 15 is 0 Å². The molecular weight excluding hydrogens is 296 g/mol. The van der Waals surface area contributed by atoms with Crippen LogP contribution in [-0.4, -0.2) is 41.3 Å². The molecule has 0 unspecified atom stereocenters. The van der Waals surface area contributed by atoms with Crippen LogP contribution in [0.5, 0.6) is 11.5 Å². The Hall–Kier alpha value is -2.47. The molecule has 1 aliphatic heterocycles. The zero-order valence-corrected chi connectivity index (χ0v) is 13.0. The van der Waals surface area contributed by atoms with Crippen LogP contribution < -0.4 is 10.3 Å². The number of rotatable bonds is 3. The molecule has 1 aromatic carbocycles. The van der Waals surface area contributed by atoms with Crippen molar-refractivity contribution < 1.29 is 14.6 Å². The molecule has 0 aliphatic carbocycles. The van der Waals surface area contributed by atoms with Gasteiger partial charge in [0.15, 0.2) is 5.76 Å². The van der Waals surface area contributed by atoms with Gasteiger partial charge in [0.2, 0.25) is 11.2 Å². The fourth-order valence-electron chi connectivity index (χ4n) is 2.80. The van der Waals surface area contributed by atoms with E-state index in [0.29, 0.717) is 18.1 Å². The van der Waals surface area contributed by atoms with E-state index in [1.807, 2.05) is 12.1 Å². The summed E-state index contributed by atoms with van der Waals surface area (Å²) in [6.07, 6.45) is 0. The average Bonchev–Trinajstić information content (AvgIpc) is 2.54. The van der Waals surface area contributed by atoms with Crippen LogP contribution in [0, 0.1) is 6.92 Å². The fourth-order valence-corrected chi connectivity index (χ4v) is 2.80. The maximum atomic E-state index is 11.6. The van der Waals surface area contributed by atoms with E-state index in [4.69, 9.17) is 4.42 Å². The Balaban J connectivity index is 1.63. The van der Waals surface area contributed by atoms with Crippen LogP contribution in [-0.2, 0) is 6.54 Å². The highest BCUT2D eigenvalue weighted by molar-refractivity contribution is 5.49. The largest absolute Gasteiger partial charge is 0.508 e. The second kappa shape index (κ2) is 6.34. The Morgan fingerprint density at radius 3 is 2.39 bits per heavy atom. The molecule has 2 aromatic rings. The molecule has 6 nitrogen and oxygen atoms in total. The normalized spacial score (nSPS) is 15.8. The number of phenols is 1. The molecule has 23 heavy (non-hydrogen) atoms. The molecule has 6 heteroatoms. The molecule has 2 N–H and O–H groups in total. The van der Waals surface area contributed by atoms with E-state index in [1.165, 1.54) is 6.07 Å². The maximum absolute atomic E-state index is 11.6. The van der Waals surface area contributed by atoms with Crippen molar-refractivity contribution >= 4 is 5.69 Å². The topological polar surface area (TPSA) is 77.2 Å². The van der Waals surface area contributed by atoms with Gasteiger partial charge in [0.25, 0.3) is 0 Å². The molecule has 0 atom stereocenters. The first kappa shape index (κ1) is 15.4. The minimum atomic E-state index is -0.397. The zero-order chi connectivity index (χ0) is 16.4. The third-order valence-corrected chi connectivity index (χ3v) is 4.07. The lowest BCUT2D eigenvalue weighted by molar-refractivity contribution is 0.220. The maximum Gasteiger partial charge on any atom is 0.227 e. The van der Waals surface area contributed by atoms with Gasteiger partial charge in [0.1, 0.15) is 11.5 Å². The number of phenolic OH excluding ortho intramolecular Hbond substituents is 1. The van der Waals surface area contributed by atoms with Crippen molar-refractivity contribution in [3.05, 3.63) is 52.1 Å². The molecule has 1 fully saturated rings. The molecule has 2 heterocycles. The summed E-state index contributed by atoms with van der Waals surface area (Å²) in [6, 6.07) is 8.46. The number of aryl methyl sites for hydroxylation is 1. The van der Waals surface area contributed by atoms with Crippen LogP contribution in [0.1, 0.15) is 11.5 Å². The third-order valence-electron chi connectivity index (χ3n) is 4.07. The lowest BCUT2D eigenvalue weighted by Gasteiger charge is -2.35.